The maximum atomic E-state index is 9.41. The fourth-order valence-electron chi connectivity index (χ4n) is 1.57. The summed E-state index contributed by atoms with van der Waals surface area (Å²) >= 11 is 1.50. The Labute approximate surface area is 102 Å². The van der Waals surface area contributed by atoms with Crippen LogP contribution >= 0.6 is 11.8 Å². The summed E-state index contributed by atoms with van der Waals surface area (Å²) in [6.07, 6.45) is 5.26. The zero-order chi connectivity index (χ0) is 11.7. The lowest BCUT2D eigenvalue weighted by atomic mass is 10.3. The maximum absolute atomic E-state index is 9.41. The van der Waals surface area contributed by atoms with Crippen LogP contribution < -0.4 is 0 Å². The molecule has 0 spiro atoms. The van der Waals surface area contributed by atoms with E-state index >= 15 is 0 Å². The van der Waals surface area contributed by atoms with E-state index in [9.17, 15) is 5.11 Å². The molecule has 3 rings (SSSR count). The van der Waals surface area contributed by atoms with Gasteiger partial charge < -0.3 is 5.11 Å². The van der Waals surface area contributed by atoms with Crippen LogP contribution in [-0.2, 0) is 0 Å². The maximum Gasteiger partial charge on any atom is 0.127 e. The van der Waals surface area contributed by atoms with E-state index in [1.54, 1.807) is 29.0 Å². The normalized spacial score (nSPS) is 10.8. The molecule has 1 aromatic carbocycles. The topological polar surface area (TPSA) is 50.4 Å². The minimum Gasteiger partial charge on any atom is -0.508 e. The van der Waals surface area contributed by atoms with Crippen molar-refractivity contribution in [2.24, 2.45) is 0 Å². The zero-order valence-corrected chi connectivity index (χ0v) is 9.63. The number of nitrogens with zero attached hydrogens (tertiary/aromatic N) is 3. The summed E-state index contributed by atoms with van der Waals surface area (Å²) in [6, 6.07) is 9.03. The van der Waals surface area contributed by atoms with Crippen molar-refractivity contribution in [1.29, 1.82) is 0 Å². The Morgan fingerprint density at radius 1 is 1.18 bits per heavy atom. The Morgan fingerprint density at radius 3 is 3.00 bits per heavy atom. The van der Waals surface area contributed by atoms with Crippen LogP contribution in [0.4, 0.5) is 0 Å². The van der Waals surface area contributed by atoms with Gasteiger partial charge in [-0.15, -0.1) is 0 Å². The molecule has 0 radical (unpaired) electrons. The fraction of sp³-hybridized carbons (Fsp3) is 0. The highest BCUT2D eigenvalue weighted by Gasteiger charge is 2.05. The molecular formula is C12H9N3OS. The largest absolute Gasteiger partial charge is 0.508 e. The SMILES string of the molecule is Oc1cccc(Sc2nccn3nccc23)c1. The summed E-state index contributed by atoms with van der Waals surface area (Å²) in [7, 11) is 0. The highest BCUT2D eigenvalue weighted by molar-refractivity contribution is 7.99. The van der Waals surface area contributed by atoms with E-state index in [1.807, 2.05) is 24.4 Å². The number of benzene rings is 1. The van der Waals surface area contributed by atoms with Gasteiger partial charge in [-0.25, -0.2) is 9.50 Å². The number of hydrogen-bond donors (Lipinski definition) is 1. The van der Waals surface area contributed by atoms with E-state index in [0.717, 1.165) is 15.4 Å². The first-order valence-corrected chi connectivity index (χ1v) is 5.90. The van der Waals surface area contributed by atoms with Crippen LogP contribution in [0.1, 0.15) is 0 Å². The average molecular weight is 243 g/mol. The van der Waals surface area contributed by atoms with Gasteiger partial charge >= 0.3 is 0 Å². The second kappa shape index (κ2) is 4.10. The van der Waals surface area contributed by atoms with Crippen molar-refractivity contribution in [3.8, 4) is 5.75 Å². The molecule has 0 saturated carbocycles. The van der Waals surface area contributed by atoms with Crippen molar-refractivity contribution in [1.82, 2.24) is 14.6 Å². The van der Waals surface area contributed by atoms with Gasteiger partial charge in [-0.05, 0) is 24.3 Å². The summed E-state index contributed by atoms with van der Waals surface area (Å²) < 4.78 is 1.78. The molecule has 2 heterocycles. The third kappa shape index (κ3) is 1.97. The average Bonchev–Trinajstić information content (AvgIpc) is 2.78. The van der Waals surface area contributed by atoms with Gasteiger partial charge in [-0.1, -0.05) is 17.8 Å². The van der Waals surface area contributed by atoms with Gasteiger partial charge in [0.1, 0.15) is 10.8 Å². The number of phenols is 1. The first-order chi connectivity index (χ1) is 8.33. The quantitative estimate of drug-likeness (QED) is 0.751. The number of aromatic nitrogens is 3. The summed E-state index contributed by atoms with van der Waals surface area (Å²) in [5, 5.41) is 14.4. The molecule has 0 bridgehead atoms. The van der Waals surface area contributed by atoms with Gasteiger partial charge in [-0.3, -0.25) is 0 Å². The molecule has 0 fully saturated rings. The third-order valence-corrected chi connectivity index (χ3v) is 3.32. The van der Waals surface area contributed by atoms with Gasteiger partial charge in [0.05, 0.1) is 11.7 Å². The van der Waals surface area contributed by atoms with Gasteiger partial charge in [-0.2, -0.15) is 5.10 Å². The summed E-state index contributed by atoms with van der Waals surface area (Å²) in [6.45, 7) is 0. The first kappa shape index (κ1) is 10.2. The fourth-order valence-corrected chi connectivity index (χ4v) is 2.50. The van der Waals surface area contributed by atoms with Crippen LogP contribution in [0.3, 0.4) is 0 Å². The van der Waals surface area contributed by atoms with Gasteiger partial charge in [0.15, 0.2) is 0 Å². The zero-order valence-electron chi connectivity index (χ0n) is 8.82. The van der Waals surface area contributed by atoms with E-state index < -0.39 is 0 Å². The predicted molar refractivity (Wildman–Crippen MR) is 65.2 cm³/mol. The molecule has 17 heavy (non-hydrogen) atoms. The lowest BCUT2D eigenvalue weighted by Crippen LogP contribution is -1.90. The Hall–Kier alpha value is -2.01. The van der Waals surface area contributed by atoms with Gasteiger partial charge in [0.2, 0.25) is 0 Å². The molecular weight excluding hydrogens is 234 g/mol. The molecule has 1 N–H and O–H groups in total. The minimum absolute atomic E-state index is 0.260. The van der Waals surface area contributed by atoms with Crippen LogP contribution in [0, 0.1) is 0 Å². The number of phenolic OH excluding ortho intramolecular Hbond substituents is 1. The van der Waals surface area contributed by atoms with Crippen molar-refractivity contribution < 1.29 is 5.11 Å². The summed E-state index contributed by atoms with van der Waals surface area (Å²) in [5.41, 5.74) is 0.959. The monoisotopic (exact) mass is 243 g/mol. The van der Waals surface area contributed by atoms with Crippen molar-refractivity contribution in [2.45, 2.75) is 9.92 Å². The Balaban J connectivity index is 2.02. The van der Waals surface area contributed by atoms with E-state index in [0.29, 0.717) is 0 Å². The van der Waals surface area contributed by atoms with Gasteiger partial charge in [0, 0.05) is 17.3 Å². The van der Waals surface area contributed by atoms with Crippen molar-refractivity contribution >= 4 is 17.3 Å². The highest BCUT2D eigenvalue weighted by atomic mass is 32.2. The van der Waals surface area contributed by atoms with Crippen molar-refractivity contribution in [2.75, 3.05) is 0 Å². The molecule has 0 amide bonds. The molecule has 0 unspecified atom stereocenters. The van der Waals surface area contributed by atoms with Crippen LogP contribution in [0.15, 0.2) is 58.8 Å². The number of rotatable bonds is 2. The summed E-state index contributed by atoms with van der Waals surface area (Å²) in [4.78, 5) is 5.28. The van der Waals surface area contributed by atoms with Crippen molar-refractivity contribution in [3.63, 3.8) is 0 Å². The molecule has 3 aromatic rings. The Morgan fingerprint density at radius 2 is 2.12 bits per heavy atom. The van der Waals surface area contributed by atoms with Crippen LogP contribution in [-0.4, -0.2) is 19.7 Å². The molecule has 0 atom stereocenters. The smallest absolute Gasteiger partial charge is 0.127 e. The number of aromatic hydroxyl groups is 1. The number of hydrogen-bond acceptors (Lipinski definition) is 4. The van der Waals surface area contributed by atoms with Crippen LogP contribution in [0.5, 0.6) is 5.75 Å². The molecule has 0 aliphatic rings. The first-order valence-electron chi connectivity index (χ1n) is 5.08. The summed E-state index contributed by atoms with van der Waals surface area (Å²) in [5.74, 6) is 0.260. The highest BCUT2D eigenvalue weighted by Crippen LogP contribution is 2.30. The van der Waals surface area contributed by atoms with E-state index in [-0.39, 0.29) is 5.75 Å². The van der Waals surface area contributed by atoms with Crippen molar-refractivity contribution in [3.05, 3.63) is 48.9 Å². The van der Waals surface area contributed by atoms with E-state index in [2.05, 4.69) is 10.1 Å². The van der Waals surface area contributed by atoms with Crippen LogP contribution in [0.25, 0.3) is 5.52 Å². The number of fused-ring (bicyclic) bond motifs is 1. The Bertz CT molecular complexity index is 665. The molecule has 5 heteroatoms. The second-order valence-electron chi connectivity index (χ2n) is 3.49. The molecule has 0 aliphatic carbocycles. The predicted octanol–water partition coefficient (Wildman–Crippen LogP) is 2.59. The molecule has 84 valence electrons. The molecule has 0 saturated heterocycles. The standard InChI is InChI=1S/C12H9N3OS/c16-9-2-1-3-10(8-9)17-12-11-4-5-14-15(11)7-6-13-12/h1-8,16H. The van der Waals surface area contributed by atoms with E-state index in [1.165, 1.54) is 11.8 Å². The second-order valence-corrected chi connectivity index (χ2v) is 4.56. The molecule has 4 nitrogen and oxygen atoms in total. The lowest BCUT2D eigenvalue weighted by molar-refractivity contribution is 0.474. The third-order valence-electron chi connectivity index (χ3n) is 2.32. The van der Waals surface area contributed by atoms with Gasteiger partial charge in [0.25, 0.3) is 0 Å². The minimum atomic E-state index is 0.260. The lowest BCUT2D eigenvalue weighted by Gasteiger charge is -2.03. The Kier molecular flexibility index (Phi) is 2.45. The molecule has 0 aliphatic heterocycles. The van der Waals surface area contributed by atoms with Crippen LogP contribution in [0.2, 0.25) is 0 Å². The van der Waals surface area contributed by atoms with E-state index in [4.69, 9.17) is 0 Å². The molecule has 2 aromatic heterocycles.